The van der Waals surface area contributed by atoms with E-state index in [4.69, 9.17) is 4.74 Å². The predicted molar refractivity (Wildman–Crippen MR) is 139 cm³/mol. The second-order valence-corrected chi connectivity index (χ2v) is 8.59. The molecule has 1 aliphatic rings. The molecule has 1 N–H and O–H groups in total. The zero-order chi connectivity index (χ0) is 27.2. The molecule has 1 fully saturated rings. The average Bonchev–Trinajstić information content (AvgIpc) is 2.95. The number of nitrogens with one attached hydrogen (secondary N) is 1. The zero-order valence-corrected chi connectivity index (χ0v) is 21.0. The molecule has 0 aliphatic carbocycles. The van der Waals surface area contributed by atoms with Crippen LogP contribution in [-0.2, 0) is 4.79 Å². The predicted octanol–water partition coefficient (Wildman–Crippen LogP) is 3.95. The van der Waals surface area contributed by atoms with E-state index in [0.29, 0.717) is 28.3 Å². The first-order chi connectivity index (χ1) is 18.4. The van der Waals surface area contributed by atoms with Gasteiger partial charge in [0, 0.05) is 31.8 Å². The third-order valence-electron chi connectivity index (χ3n) is 6.28. The molecule has 38 heavy (non-hydrogen) atoms. The Bertz CT molecular complexity index is 1540. The summed E-state index contributed by atoms with van der Waals surface area (Å²) in [4.78, 5) is 41.3. The van der Waals surface area contributed by atoms with Crippen LogP contribution in [0.4, 0.5) is 4.39 Å². The molecule has 2 amide bonds. The fourth-order valence-corrected chi connectivity index (χ4v) is 4.26. The molecule has 1 saturated heterocycles. The normalized spacial score (nSPS) is 14.4. The zero-order valence-electron chi connectivity index (χ0n) is 21.0. The standard InChI is InChI=1S/C28H26FN5O4/c1-3-7-20(18(4-2)17-30)27(36)33-12-14-34(15-13-33)28(37)23-16-19(10-11-24(23)29)38-26-22-9-6-5-8-21(22)25(35)31-32-26/h3,5-11,16H,4,12-15H2,1-2H3,(H,31,35)/b7-3-,20-18-. The van der Waals surface area contributed by atoms with Crippen LogP contribution >= 0.6 is 0 Å². The maximum Gasteiger partial charge on any atom is 0.272 e. The van der Waals surface area contributed by atoms with Gasteiger partial charge in [-0.25, -0.2) is 9.49 Å². The van der Waals surface area contributed by atoms with Gasteiger partial charge in [-0.3, -0.25) is 14.4 Å². The number of fused-ring (bicyclic) bond motifs is 1. The number of carbonyl (C=O) groups is 2. The molecule has 9 nitrogen and oxygen atoms in total. The van der Waals surface area contributed by atoms with Crippen LogP contribution in [0.15, 0.2) is 70.6 Å². The van der Waals surface area contributed by atoms with E-state index < -0.39 is 11.7 Å². The molecule has 1 aliphatic heterocycles. The summed E-state index contributed by atoms with van der Waals surface area (Å²) in [6.45, 7) is 4.50. The first kappa shape index (κ1) is 26.3. The lowest BCUT2D eigenvalue weighted by Gasteiger charge is -2.35. The van der Waals surface area contributed by atoms with Crippen molar-refractivity contribution in [2.24, 2.45) is 0 Å². The number of allylic oxidation sites excluding steroid dienone is 2. The maximum absolute atomic E-state index is 14.7. The molecule has 2 heterocycles. The number of amides is 2. The van der Waals surface area contributed by atoms with Crippen LogP contribution in [0.25, 0.3) is 10.8 Å². The number of nitriles is 1. The summed E-state index contributed by atoms with van der Waals surface area (Å²) >= 11 is 0. The minimum absolute atomic E-state index is 0.117. The Labute approximate surface area is 218 Å². The number of aromatic amines is 1. The second kappa shape index (κ2) is 11.5. The van der Waals surface area contributed by atoms with Crippen molar-refractivity contribution in [3.63, 3.8) is 0 Å². The van der Waals surface area contributed by atoms with Crippen LogP contribution < -0.4 is 10.3 Å². The van der Waals surface area contributed by atoms with Crippen LogP contribution in [0.3, 0.4) is 0 Å². The molecule has 3 aromatic rings. The number of H-pyrrole nitrogens is 1. The summed E-state index contributed by atoms with van der Waals surface area (Å²) in [5.74, 6) is -1.21. The molecular formula is C28H26FN5O4. The smallest absolute Gasteiger partial charge is 0.272 e. The van der Waals surface area contributed by atoms with Crippen LogP contribution in [0, 0.1) is 17.1 Å². The summed E-state index contributed by atoms with van der Waals surface area (Å²) < 4.78 is 20.5. The van der Waals surface area contributed by atoms with Gasteiger partial charge in [-0.05, 0) is 43.7 Å². The van der Waals surface area contributed by atoms with E-state index in [1.165, 1.54) is 17.0 Å². The van der Waals surface area contributed by atoms with Crippen LogP contribution in [0.2, 0.25) is 0 Å². The summed E-state index contributed by atoms with van der Waals surface area (Å²) in [6.07, 6.45) is 3.77. The summed E-state index contributed by atoms with van der Waals surface area (Å²) in [7, 11) is 0. The SMILES string of the molecule is C/C=C\C(C(=O)N1CCN(C(=O)c2cc(Oc3n[nH]c(=O)c4ccccc34)ccc2F)CC1)=C(\C#N)CC. The van der Waals surface area contributed by atoms with Crippen molar-refractivity contribution in [2.45, 2.75) is 20.3 Å². The molecule has 194 valence electrons. The third-order valence-corrected chi connectivity index (χ3v) is 6.28. The minimum Gasteiger partial charge on any atom is -0.437 e. The van der Waals surface area contributed by atoms with Gasteiger partial charge in [-0.1, -0.05) is 31.2 Å². The quantitative estimate of drug-likeness (QED) is 0.302. The second-order valence-electron chi connectivity index (χ2n) is 8.59. The van der Waals surface area contributed by atoms with Gasteiger partial charge in [-0.15, -0.1) is 5.10 Å². The van der Waals surface area contributed by atoms with Gasteiger partial charge in [0.05, 0.1) is 28.0 Å². The molecule has 0 spiro atoms. The topological polar surface area (TPSA) is 119 Å². The largest absolute Gasteiger partial charge is 0.437 e. The van der Waals surface area contributed by atoms with Gasteiger partial charge >= 0.3 is 0 Å². The van der Waals surface area contributed by atoms with Crippen molar-refractivity contribution in [3.05, 3.63) is 87.5 Å². The highest BCUT2D eigenvalue weighted by Crippen LogP contribution is 2.27. The number of piperazine rings is 1. The van der Waals surface area contributed by atoms with E-state index in [1.807, 2.05) is 6.92 Å². The molecule has 2 aromatic carbocycles. The third kappa shape index (κ3) is 5.32. The number of benzene rings is 2. The van der Waals surface area contributed by atoms with E-state index in [0.717, 1.165) is 6.07 Å². The van der Waals surface area contributed by atoms with E-state index in [2.05, 4.69) is 16.3 Å². The number of nitrogens with zero attached hydrogens (tertiary/aromatic N) is 4. The Balaban J connectivity index is 1.50. The van der Waals surface area contributed by atoms with Crippen molar-refractivity contribution >= 4 is 22.6 Å². The highest BCUT2D eigenvalue weighted by Gasteiger charge is 2.28. The lowest BCUT2D eigenvalue weighted by atomic mass is 10.0. The number of rotatable bonds is 6. The number of ether oxygens (including phenoxy) is 1. The van der Waals surface area contributed by atoms with E-state index >= 15 is 0 Å². The van der Waals surface area contributed by atoms with Crippen molar-refractivity contribution in [2.75, 3.05) is 26.2 Å². The van der Waals surface area contributed by atoms with Gasteiger partial charge < -0.3 is 14.5 Å². The summed E-state index contributed by atoms with van der Waals surface area (Å²) in [5.41, 5.74) is 0.197. The molecule has 0 radical (unpaired) electrons. The van der Waals surface area contributed by atoms with E-state index in [9.17, 15) is 24.0 Å². The Morgan fingerprint density at radius 2 is 1.82 bits per heavy atom. The molecule has 0 unspecified atom stereocenters. The van der Waals surface area contributed by atoms with Gasteiger partial charge in [0.2, 0.25) is 5.88 Å². The number of carbonyl (C=O) groups excluding carboxylic acids is 2. The Kier molecular flexibility index (Phi) is 7.97. The van der Waals surface area contributed by atoms with Crippen molar-refractivity contribution in [3.8, 4) is 17.7 Å². The fraction of sp³-hybridized carbons (Fsp3) is 0.250. The van der Waals surface area contributed by atoms with Crippen molar-refractivity contribution in [1.82, 2.24) is 20.0 Å². The number of halogens is 1. The fourth-order valence-electron chi connectivity index (χ4n) is 4.26. The van der Waals surface area contributed by atoms with Gasteiger partial charge in [-0.2, -0.15) is 5.26 Å². The van der Waals surface area contributed by atoms with Gasteiger partial charge in [0.15, 0.2) is 0 Å². The van der Waals surface area contributed by atoms with Crippen molar-refractivity contribution < 1.29 is 18.7 Å². The highest BCUT2D eigenvalue weighted by molar-refractivity contribution is 5.98. The lowest BCUT2D eigenvalue weighted by Crippen LogP contribution is -2.51. The molecule has 4 rings (SSSR count). The van der Waals surface area contributed by atoms with E-state index in [1.54, 1.807) is 48.2 Å². The van der Waals surface area contributed by atoms with Gasteiger partial charge in [0.25, 0.3) is 17.4 Å². The first-order valence-corrected chi connectivity index (χ1v) is 12.2. The maximum atomic E-state index is 14.7. The van der Waals surface area contributed by atoms with Crippen LogP contribution in [0.5, 0.6) is 11.6 Å². The number of aromatic nitrogens is 2. The van der Waals surface area contributed by atoms with Crippen molar-refractivity contribution in [1.29, 1.82) is 5.26 Å². The average molecular weight is 516 g/mol. The first-order valence-electron chi connectivity index (χ1n) is 12.2. The molecule has 0 bridgehead atoms. The van der Waals surface area contributed by atoms with Crippen LogP contribution in [-0.4, -0.2) is 58.0 Å². The lowest BCUT2D eigenvalue weighted by molar-refractivity contribution is -0.128. The minimum atomic E-state index is -0.708. The number of hydrogen-bond acceptors (Lipinski definition) is 6. The molecule has 0 atom stereocenters. The molecule has 1 aromatic heterocycles. The van der Waals surface area contributed by atoms with Gasteiger partial charge in [0.1, 0.15) is 11.6 Å². The Hall–Kier alpha value is -4.78. The number of hydrogen-bond donors (Lipinski definition) is 1. The summed E-state index contributed by atoms with van der Waals surface area (Å²) in [5, 5.41) is 16.6. The van der Waals surface area contributed by atoms with E-state index in [-0.39, 0.29) is 54.8 Å². The Morgan fingerprint density at radius 3 is 2.47 bits per heavy atom. The molecule has 0 saturated carbocycles. The highest BCUT2D eigenvalue weighted by atomic mass is 19.1. The summed E-state index contributed by atoms with van der Waals surface area (Å²) in [6, 6.07) is 12.7. The molecule has 10 heteroatoms. The molecular weight excluding hydrogens is 489 g/mol. The Morgan fingerprint density at radius 1 is 1.13 bits per heavy atom. The van der Waals surface area contributed by atoms with Crippen LogP contribution in [0.1, 0.15) is 30.6 Å². The monoisotopic (exact) mass is 515 g/mol.